The number of alkyl carbamates (subject to hydrolysis) is 1. The number of amides is 1. The summed E-state index contributed by atoms with van der Waals surface area (Å²) in [6.07, 6.45) is -0.641. The maximum atomic E-state index is 11.3. The van der Waals surface area contributed by atoms with E-state index in [-0.39, 0.29) is 17.6 Å². The molecular weight excluding hydrogens is 254 g/mol. The van der Waals surface area contributed by atoms with E-state index < -0.39 is 28.5 Å². The predicted octanol–water partition coefficient (Wildman–Crippen LogP) is 0.817. The molecule has 0 saturated heterocycles. The van der Waals surface area contributed by atoms with Crippen LogP contribution in [0.25, 0.3) is 0 Å². The Balaban J connectivity index is 4.12. The zero-order chi connectivity index (χ0) is 12.8. The van der Waals surface area contributed by atoms with Crippen molar-refractivity contribution >= 4 is 28.5 Å². The smallest absolute Gasteiger partial charge is 0.407 e. The first-order chi connectivity index (χ1) is 7.28. The monoisotopic (exact) mass is 271 g/mol. The Hall–Kier alpha value is -0.330. The Kier molecular flexibility index (Phi) is 6.94. The van der Waals surface area contributed by atoms with Gasteiger partial charge in [-0.3, -0.25) is 4.21 Å². The first-order valence-corrected chi connectivity index (χ1v) is 6.82. The molecule has 1 amide bonds. The molecule has 0 spiro atoms. The van der Waals surface area contributed by atoms with Crippen molar-refractivity contribution in [2.45, 2.75) is 32.4 Å². The highest BCUT2D eigenvalue weighted by atomic mass is 35.5. The van der Waals surface area contributed by atoms with Crippen LogP contribution in [0.1, 0.15) is 20.8 Å². The second-order valence-corrected chi connectivity index (χ2v) is 6.33. The lowest BCUT2D eigenvalue weighted by atomic mass is 10.2. The van der Waals surface area contributed by atoms with Gasteiger partial charge in [-0.15, -0.1) is 11.6 Å². The van der Waals surface area contributed by atoms with Gasteiger partial charge in [0.1, 0.15) is 5.60 Å². The van der Waals surface area contributed by atoms with Crippen LogP contribution in [0.2, 0.25) is 0 Å². The number of alkyl halides is 1. The van der Waals surface area contributed by atoms with E-state index in [1.807, 2.05) is 0 Å². The fraction of sp³-hybridized carbons (Fsp3) is 0.889. The van der Waals surface area contributed by atoms with E-state index in [4.69, 9.17) is 21.4 Å². The fourth-order valence-electron chi connectivity index (χ4n) is 0.883. The summed E-state index contributed by atoms with van der Waals surface area (Å²) in [5.41, 5.74) is -0.601. The Labute approximate surface area is 103 Å². The standard InChI is InChI=1S/C9H18ClNO4S/c1-9(2,3)15-8(13)11-7(4-12)5-16(14)6-10/h7,12H,4-6H2,1-3H3,(H,11,13)/t7-,16?/m1/s1. The molecule has 0 aliphatic heterocycles. The van der Waals surface area contributed by atoms with Crippen molar-refractivity contribution in [3.05, 3.63) is 0 Å². The number of nitrogens with one attached hydrogen (secondary N) is 1. The number of aliphatic hydroxyl groups is 1. The van der Waals surface area contributed by atoms with Gasteiger partial charge in [0.2, 0.25) is 0 Å². The van der Waals surface area contributed by atoms with E-state index in [1.165, 1.54) is 0 Å². The molecule has 0 aliphatic rings. The second kappa shape index (κ2) is 7.09. The molecular formula is C9H18ClNO4S. The van der Waals surface area contributed by atoms with Crippen LogP contribution in [0.3, 0.4) is 0 Å². The number of ether oxygens (including phenoxy) is 1. The third kappa shape index (κ3) is 7.90. The number of hydrogen-bond donors (Lipinski definition) is 2. The molecule has 0 heterocycles. The van der Waals surface area contributed by atoms with Crippen LogP contribution in [-0.4, -0.2) is 44.6 Å². The Morgan fingerprint density at radius 3 is 2.50 bits per heavy atom. The van der Waals surface area contributed by atoms with Crippen molar-refractivity contribution in [3.8, 4) is 0 Å². The summed E-state index contributed by atoms with van der Waals surface area (Å²) in [6.45, 7) is 4.90. The topological polar surface area (TPSA) is 75.6 Å². The summed E-state index contributed by atoms with van der Waals surface area (Å²) in [7, 11) is -1.26. The number of rotatable bonds is 5. The first-order valence-electron chi connectivity index (χ1n) is 4.80. The van der Waals surface area contributed by atoms with Crippen LogP contribution in [0.5, 0.6) is 0 Å². The van der Waals surface area contributed by atoms with E-state index in [2.05, 4.69) is 5.32 Å². The van der Waals surface area contributed by atoms with Gasteiger partial charge in [0, 0.05) is 16.6 Å². The van der Waals surface area contributed by atoms with Gasteiger partial charge in [-0.05, 0) is 20.8 Å². The normalized spacial score (nSPS) is 15.3. The van der Waals surface area contributed by atoms with Gasteiger partial charge in [0.15, 0.2) is 0 Å². The van der Waals surface area contributed by atoms with E-state index in [9.17, 15) is 9.00 Å². The minimum absolute atomic E-state index is 0.0213. The van der Waals surface area contributed by atoms with E-state index in [1.54, 1.807) is 20.8 Å². The summed E-state index contributed by atoms with van der Waals surface area (Å²) in [5.74, 6) is 0.110. The van der Waals surface area contributed by atoms with Gasteiger partial charge in [-0.1, -0.05) is 0 Å². The maximum absolute atomic E-state index is 11.3. The van der Waals surface area contributed by atoms with Crippen LogP contribution in [0.4, 0.5) is 4.79 Å². The van der Waals surface area contributed by atoms with Crippen LogP contribution < -0.4 is 5.32 Å². The first kappa shape index (κ1) is 15.7. The van der Waals surface area contributed by atoms with Crippen molar-refractivity contribution < 1.29 is 18.8 Å². The highest BCUT2D eigenvalue weighted by Crippen LogP contribution is 2.06. The minimum atomic E-state index is -1.26. The molecule has 0 radical (unpaired) electrons. The van der Waals surface area contributed by atoms with Gasteiger partial charge < -0.3 is 15.2 Å². The molecule has 7 heteroatoms. The highest BCUT2D eigenvalue weighted by Gasteiger charge is 2.20. The molecule has 0 bridgehead atoms. The van der Waals surface area contributed by atoms with E-state index >= 15 is 0 Å². The second-order valence-electron chi connectivity index (χ2n) is 4.24. The van der Waals surface area contributed by atoms with Crippen molar-refractivity contribution in [2.75, 3.05) is 17.6 Å². The number of carbonyl (C=O) groups excluding carboxylic acids is 1. The SMILES string of the molecule is CC(C)(C)OC(=O)N[C@H](CO)CS(=O)CCl. The minimum Gasteiger partial charge on any atom is -0.444 e. The molecule has 96 valence electrons. The van der Waals surface area contributed by atoms with Crippen LogP contribution in [0, 0.1) is 0 Å². The predicted molar refractivity (Wildman–Crippen MR) is 64.0 cm³/mol. The fourth-order valence-corrected chi connectivity index (χ4v) is 1.88. The van der Waals surface area contributed by atoms with Crippen molar-refractivity contribution in [3.63, 3.8) is 0 Å². The number of carbonyl (C=O) groups is 1. The van der Waals surface area contributed by atoms with Gasteiger partial charge in [-0.2, -0.15) is 0 Å². The molecule has 0 aromatic rings. The van der Waals surface area contributed by atoms with Crippen LogP contribution >= 0.6 is 11.6 Å². The molecule has 0 rings (SSSR count). The van der Waals surface area contributed by atoms with Crippen LogP contribution in [0.15, 0.2) is 0 Å². The lowest BCUT2D eigenvalue weighted by Gasteiger charge is -2.22. The van der Waals surface area contributed by atoms with E-state index in [0.29, 0.717) is 0 Å². The summed E-state index contributed by atoms with van der Waals surface area (Å²) >= 11 is 5.37. The molecule has 2 N–H and O–H groups in total. The lowest BCUT2D eigenvalue weighted by Crippen LogP contribution is -2.43. The molecule has 2 atom stereocenters. The third-order valence-electron chi connectivity index (χ3n) is 1.45. The summed E-state index contributed by atoms with van der Waals surface area (Å²) in [6, 6.07) is -0.602. The molecule has 1 unspecified atom stereocenters. The third-order valence-corrected chi connectivity index (χ3v) is 3.20. The number of hydrogen-bond acceptors (Lipinski definition) is 4. The van der Waals surface area contributed by atoms with Gasteiger partial charge in [0.05, 0.1) is 17.9 Å². The largest absolute Gasteiger partial charge is 0.444 e. The molecule has 5 nitrogen and oxygen atoms in total. The summed E-state index contributed by atoms with van der Waals surface area (Å²) < 4.78 is 16.1. The molecule has 0 aromatic heterocycles. The number of aliphatic hydroxyl groups excluding tert-OH is 1. The average Bonchev–Trinajstić information content (AvgIpc) is 2.13. The summed E-state index contributed by atoms with van der Waals surface area (Å²) in [4.78, 5) is 11.3. The highest BCUT2D eigenvalue weighted by molar-refractivity contribution is 7.86. The van der Waals surface area contributed by atoms with Gasteiger partial charge in [0.25, 0.3) is 0 Å². The van der Waals surface area contributed by atoms with E-state index in [0.717, 1.165) is 0 Å². The number of halogens is 1. The Bertz CT molecular complexity index is 254. The molecule has 0 aliphatic carbocycles. The lowest BCUT2D eigenvalue weighted by molar-refractivity contribution is 0.0491. The molecule has 16 heavy (non-hydrogen) atoms. The molecule has 0 saturated carbocycles. The van der Waals surface area contributed by atoms with Crippen molar-refractivity contribution in [1.82, 2.24) is 5.32 Å². The van der Waals surface area contributed by atoms with Crippen molar-refractivity contribution in [2.24, 2.45) is 0 Å². The zero-order valence-electron chi connectivity index (χ0n) is 9.66. The van der Waals surface area contributed by atoms with Crippen molar-refractivity contribution in [1.29, 1.82) is 0 Å². The van der Waals surface area contributed by atoms with Crippen LogP contribution in [-0.2, 0) is 15.5 Å². The maximum Gasteiger partial charge on any atom is 0.407 e. The zero-order valence-corrected chi connectivity index (χ0v) is 11.2. The Morgan fingerprint density at radius 2 is 2.12 bits per heavy atom. The average molecular weight is 272 g/mol. The van der Waals surface area contributed by atoms with Gasteiger partial charge in [-0.25, -0.2) is 4.79 Å². The van der Waals surface area contributed by atoms with Gasteiger partial charge >= 0.3 is 6.09 Å². The molecule has 0 fully saturated rings. The Morgan fingerprint density at radius 1 is 1.56 bits per heavy atom. The quantitative estimate of drug-likeness (QED) is 0.726. The summed E-state index contributed by atoms with van der Waals surface area (Å²) in [5, 5.41) is 11.4. The molecule has 0 aromatic carbocycles.